The van der Waals surface area contributed by atoms with E-state index >= 15 is 0 Å². The summed E-state index contributed by atoms with van der Waals surface area (Å²) in [7, 11) is 0. The second kappa shape index (κ2) is 6.55. The van der Waals surface area contributed by atoms with Crippen molar-refractivity contribution in [3.63, 3.8) is 0 Å². The third-order valence-corrected chi connectivity index (χ3v) is 5.51. The summed E-state index contributed by atoms with van der Waals surface area (Å²) in [6, 6.07) is 9.42. The van der Waals surface area contributed by atoms with Gasteiger partial charge in [-0.25, -0.2) is 9.07 Å². The van der Waals surface area contributed by atoms with Crippen LogP contribution in [0.3, 0.4) is 0 Å². The van der Waals surface area contributed by atoms with E-state index in [1.807, 2.05) is 24.4 Å². The number of hydrogen-bond donors (Lipinski definition) is 1. The summed E-state index contributed by atoms with van der Waals surface area (Å²) >= 11 is 0. The number of rotatable bonds is 5. The fourth-order valence-electron chi connectivity index (χ4n) is 4.03. The Bertz CT molecular complexity index is 670. The number of anilines is 1. The minimum absolute atomic E-state index is 0.0987. The van der Waals surface area contributed by atoms with Crippen molar-refractivity contribution in [2.45, 2.75) is 43.6 Å². The van der Waals surface area contributed by atoms with E-state index in [1.54, 1.807) is 0 Å². The molecule has 2 aromatic rings. The van der Waals surface area contributed by atoms with Gasteiger partial charge >= 0.3 is 0 Å². The zero-order valence-electron chi connectivity index (χ0n) is 13.9. The minimum Gasteiger partial charge on any atom is -0.380 e. The number of benzene rings is 1. The first-order valence-electron chi connectivity index (χ1n) is 8.88. The summed E-state index contributed by atoms with van der Waals surface area (Å²) < 4.78 is 21.1. The van der Waals surface area contributed by atoms with Gasteiger partial charge in [0, 0.05) is 24.6 Å². The van der Waals surface area contributed by atoms with Crippen molar-refractivity contribution in [1.82, 2.24) is 9.78 Å². The van der Waals surface area contributed by atoms with Gasteiger partial charge in [-0.15, -0.1) is 0 Å². The molecule has 128 valence electrons. The molecule has 0 spiro atoms. The van der Waals surface area contributed by atoms with Crippen LogP contribution in [0.4, 0.5) is 10.2 Å². The molecule has 1 aromatic carbocycles. The van der Waals surface area contributed by atoms with Crippen molar-refractivity contribution < 1.29 is 9.13 Å². The van der Waals surface area contributed by atoms with Crippen molar-refractivity contribution in [2.24, 2.45) is 0 Å². The highest BCUT2D eigenvalue weighted by molar-refractivity contribution is 5.38. The van der Waals surface area contributed by atoms with Gasteiger partial charge in [0.05, 0.1) is 18.8 Å². The standard InChI is InChI=1S/C19H24FN3O/c20-16-7-5-15(6-8-16)19(10-12-24-14-19)13-21-18-9-11-22-23(18)17-3-1-2-4-17/h5-9,11,17,21H,1-4,10,12-14H2. The SMILES string of the molecule is Fc1ccc(C2(CNc3ccnn3C3CCCC3)CCOC2)cc1. The molecule has 5 heteroatoms. The van der Waals surface area contributed by atoms with Crippen LogP contribution in [-0.4, -0.2) is 29.5 Å². The van der Waals surface area contributed by atoms with Crippen LogP contribution in [0.25, 0.3) is 0 Å². The Morgan fingerprint density at radius 2 is 2.00 bits per heavy atom. The molecule has 24 heavy (non-hydrogen) atoms. The summed E-state index contributed by atoms with van der Waals surface area (Å²) in [6.07, 6.45) is 7.82. The van der Waals surface area contributed by atoms with E-state index in [0.717, 1.165) is 31.0 Å². The number of hydrogen-bond acceptors (Lipinski definition) is 3. The van der Waals surface area contributed by atoms with Crippen LogP contribution < -0.4 is 5.32 Å². The Balaban J connectivity index is 1.52. The van der Waals surface area contributed by atoms with Crippen molar-refractivity contribution in [3.8, 4) is 0 Å². The lowest BCUT2D eigenvalue weighted by Crippen LogP contribution is -2.35. The molecule has 1 N–H and O–H groups in total. The van der Waals surface area contributed by atoms with Gasteiger partial charge in [0.15, 0.2) is 0 Å². The fraction of sp³-hybridized carbons (Fsp3) is 0.526. The molecule has 1 aliphatic carbocycles. The maximum absolute atomic E-state index is 13.3. The first-order valence-corrected chi connectivity index (χ1v) is 8.88. The predicted molar refractivity (Wildman–Crippen MR) is 91.7 cm³/mol. The molecule has 1 atom stereocenters. The lowest BCUT2D eigenvalue weighted by molar-refractivity contribution is 0.179. The fourth-order valence-corrected chi connectivity index (χ4v) is 4.03. The number of nitrogens with one attached hydrogen (secondary N) is 1. The summed E-state index contributed by atoms with van der Waals surface area (Å²) in [5.74, 6) is 0.885. The van der Waals surface area contributed by atoms with Gasteiger partial charge in [-0.3, -0.25) is 0 Å². The van der Waals surface area contributed by atoms with Crippen molar-refractivity contribution in [1.29, 1.82) is 0 Å². The van der Waals surface area contributed by atoms with E-state index in [-0.39, 0.29) is 11.2 Å². The number of nitrogens with zero attached hydrogens (tertiary/aromatic N) is 2. The maximum Gasteiger partial charge on any atom is 0.124 e. The highest BCUT2D eigenvalue weighted by Crippen LogP contribution is 2.35. The summed E-state index contributed by atoms with van der Waals surface area (Å²) in [4.78, 5) is 0. The smallest absolute Gasteiger partial charge is 0.124 e. The Labute approximate surface area is 142 Å². The van der Waals surface area contributed by atoms with Crippen LogP contribution in [0.15, 0.2) is 36.5 Å². The lowest BCUT2D eigenvalue weighted by Gasteiger charge is -2.29. The monoisotopic (exact) mass is 329 g/mol. The van der Waals surface area contributed by atoms with Crippen LogP contribution in [-0.2, 0) is 10.2 Å². The molecular formula is C19H24FN3O. The van der Waals surface area contributed by atoms with Gasteiger partial charge in [0.2, 0.25) is 0 Å². The zero-order valence-corrected chi connectivity index (χ0v) is 13.9. The van der Waals surface area contributed by atoms with Gasteiger partial charge in [-0.05, 0) is 37.0 Å². The first-order chi connectivity index (χ1) is 11.8. The molecule has 4 nitrogen and oxygen atoms in total. The molecule has 1 saturated heterocycles. The molecule has 2 aliphatic rings. The van der Waals surface area contributed by atoms with Gasteiger partial charge < -0.3 is 10.1 Å². The number of aromatic nitrogens is 2. The average molecular weight is 329 g/mol. The Morgan fingerprint density at radius 3 is 2.71 bits per heavy atom. The lowest BCUT2D eigenvalue weighted by atomic mass is 9.79. The Hall–Kier alpha value is -1.88. The van der Waals surface area contributed by atoms with Crippen molar-refractivity contribution >= 4 is 5.82 Å². The predicted octanol–water partition coefficient (Wildman–Crippen LogP) is 3.91. The van der Waals surface area contributed by atoms with Crippen LogP contribution in [0.1, 0.15) is 43.7 Å². The van der Waals surface area contributed by atoms with E-state index < -0.39 is 0 Å². The topological polar surface area (TPSA) is 39.1 Å². The normalized spacial score (nSPS) is 24.5. The van der Waals surface area contributed by atoms with E-state index in [0.29, 0.717) is 12.6 Å². The minimum atomic E-state index is -0.194. The quantitative estimate of drug-likeness (QED) is 0.904. The van der Waals surface area contributed by atoms with Crippen molar-refractivity contribution in [3.05, 3.63) is 47.9 Å². The molecule has 1 aliphatic heterocycles. The van der Waals surface area contributed by atoms with Crippen LogP contribution >= 0.6 is 0 Å². The van der Waals surface area contributed by atoms with Crippen LogP contribution in [0.5, 0.6) is 0 Å². The van der Waals surface area contributed by atoms with E-state index in [9.17, 15) is 4.39 Å². The van der Waals surface area contributed by atoms with Crippen LogP contribution in [0, 0.1) is 5.82 Å². The number of halogens is 1. The van der Waals surface area contributed by atoms with E-state index in [1.165, 1.54) is 37.8 Å². The van der Waals surface area contributed by atoms with Gasteiger partial charge in [0.25, 0.3) is 0 Å². The molecule has 2 heterocycles. The molecule has 2 fully saturated rings. The van der Waals surface area contributed by atoms with Gasteiger partial charge in [-0.2, -0.15) is 5.10 Å². The summed E-state index contributed by atoms with van der Waals surface area (Å²) in [5.41, 5.74) is 1.04. The Kier molecular flexibility index (Phi) is 4.27. The van der Waals surface area contributed by atoms with E-state index in [4.69, 9.17) is 4.74 Å². The highest BCUT2D eigenvalue weighted by Gasteiger charge is 2.37. The molecule has 0 amide bonds. The highest BCUT2D eigenvalue weighted by atomic mass is 19.1. The molecule has 1 unspecified atom stereocenters. The van der Waals surface area contributed by atoms with E-state index in [2.05, 4.69) is 15.1 Å². The first kappa shape index (κ1) is 15.6. The number of ether oxygens (including phenoxy) is 1. The molecule has 0 radical (unpaired) electrons. The molecule has 4 rings (SSSR count). The largest absolute Gasteiger partial charge is 0.380 e. The van der Waals surface area contributed by atoms with Crippen molar-refractivity contribution in [2.75, 3.05) is 25.1 Å². The van der Waals surface area contributed by atoms with Gasteiger partial charge in [0.1, 0.15) is 11.6 Å². The molecular weight excluding hydrogens is 305 g/mol. The second-order valence-electron chi connectivity index (χ2n) is 7.04. The van der Waals surface area contributed by atoms with Gasteiger partial charge in [-0.1, -0.05) is 25.0 Å². The Morgan fingerprint density at radius 1 is 1.21 bits per heavy atom. The zero-order chi connectivity index (χ0) is 16.4. The molecule has 1 saturated carbocycles. The summed E-state index contributed by atoms with van der Waals surface area (Å²) in [5, 5.41) is 8.12. The van der Waals surface area contributed by atoms with Crippen LogP contribution in [0.2, 0.25) is 0 Å². The third-order valence-electron chi connectivity index (χ3n) is 5.51. The average Bonchev–Trinajstić information content (AvgIpc) is 3.34. The second-order valence-corrected chi connectivity index (χ2v) is 7.04. The maximum atomic E-state index is 13.3. The molecule has 0 bridgehead atoms. The molecule has 1 aromatic heterocycles. The third kappa shape index (κ3) is 2.93. The summed E-state index contributed by atoms with van der Waals surface area (Å²) in [6.45, 7) is 2.20.